The minimum atomic E-state index is -0.346. The number of primary amides is 1. The molecule has 0 aliphatic heterocycles. The molecule has 0 aliphatic rings. The highest BCUT2D eigenvalue weighted by molar-refractivity contribution is 7.17. The molecule has 0 bridgehead atoms. The van der Waals surface area contributed by atoms with Crippen molar-refractivity contribution in [3.63, 3.8) is 0 Å². The summed E-state index contributed by atoms with van der Waals surface area (Å²) in [6.45, 7) is 4.66. The van der Waals surface area contributed by atoms with Crippen LogP contribution < -0.4 is 11.3 Å². The highest BCUT2D eigenvalue weighted by Gasteiger charge is 2.16. The highest BCUT2D eigenvalue weighted by Crippen LogP contribution is 2.31. The van der Waals surface area contributed by atoms with Gasteiger partial charge in [-0.15, -0.1) is 11.3 Å². The van der Waals surface area contributed by atoms with Crippen LogP contribution in [0, 0.1) is 0 Å². The summed E-state index contributed by atoms with van der Waals surface area (Å²) in [4.78, 5) is 29.9. The molecule has 0 fully saturated rings. The third-order valence-corrected chi connectivity index (χ3v) is 5.60. The van der Waals surface area contributed by atoms with Gasteiger partial charge in [-0.2, -0.15) is 0 Å². The van der Waals surface area contributed by atoms with Crippen molar-refractivity contribution in [3.05, 3.63) is 51.4 Å². The first-order valence-corrected chi connectivity index (χ1v) is 10.3. The summed E-state index contributed by atoms with van der Waals surface area (Å²) in [5, 5.41) is 2.69. The lowest BCUT2D eigenvalue weighted by atomic mass is 10.0. The summed E-state index contributed by atoms with van der Waals surface area (Å²) in [5.74, 6) is 0.440. The SMILES string of the molecule is CCCc1nc2scc(-c3ccc(CC)cc3)c2c(=O)n1CCCC(N)=O. The smallest absolute Gasteiger partial charge is 0.262 e. The highest BCUT2D eigenvalue weighted by atomic mass is 32.1. The van der Waals surface area contributed by atoms with Gasteiger partial charge in [0.25, 0.3) is 5.56 Å². The van der Waals surface area contributed by atoms with Crippen LogP contribution in [0.1, 0.15) is 44.5 Å². The molecule has 2 N–H and O–H groups in total. The zero-order chi connectivity index (χ0) is 19.4. The second kappa shape index (κ2) is 8.48. The maximum absolute atomic E-state index is 13.3. The normalized spacial score (nSPS) is 11.2. The van der Waals surface area contributed by atoms with E-state index in [1.165, 1.54) is 16.9 Å². The monoisotopic (exact) mass is 383 g/mol. The fourth-order valence-corrected chi connectivity index (χ4v) is 4.21. The Bertz CT molecular complexity index is 1000. The number of hydrogen-bond donors (Lipinski definition) is 1. The second-order valence-corrected chi connectivity index (χ2v) is 7.54. The van der Waals surface area contributed by atoms with Gasteiger partial charge < -0.3 is 5.73 Å². The predicted octanol–water partition coefficient (Wildman–Crippen LogP) is 3.91. The number of thiophene rings is 1. The van der Waals surface area contributed by atoms with Crippen molar-refractivity contribution < 1.29 is 4.79 Å². The number of amides is 1. The number of fused-ring (bicyclic) bond motifs is 1. The van der Waals surface area contributed by atoms with E-state index in [-0.39, 0.29) is 17.9 Å². The lowest BCUT2D eigenvalue weighted by Gasteiger charge is -2.12. The van der Waals surface area contributed by atoms with Crippen molar-refractivity contribution in [1.29, 1.82) is 0 Å². The number of aryl methyl sites for hydroxylation is 2. The Balaban J connectivity index is 2.09. The molecule has 2 aromatic heterocycles. The molecule has 0 saturated heterocycles. The molecule has 5 nitrogen and oxygen atoms in total. The van der Waals surface area contributed by atoms with Crippen LogP contribution >= 0.6 is 11.3 Å². The molecule has 0 radical (unpaired) electrons. The van der Waals surface area contributed by atoms with Gasteiger partial charge in [0.2, 0.25) is 5.91 Å². The maximum Gasteiger partial charge on any atom is 0.262 e. The summed E-state index contributed by atoms with van der Waals surface area (Å²) in [5.41, 5.74) is 8.46. The van der Waals surface area contributed by atoms with E-state index in [9.17, 15) is 9.59 Å². The zero-order valence-corrected chi connectivity index (χ0v) is 16.6. The van der Waals surface area contributed by atoms with Gasteiger partial charge in [0.1, 0.15) is 10.7 Å². The number of nitrogens with two attached hydrogens (primary N) is 1. The van der Waals surface area contributed by atoms with Crippen molar-refractivity contribution in [3.8, 4) is 11.1 Å². The molecule has 3 aromatic rings. The number of hydrogen-bond acceptors (Lipinski definition) is 4. The Labute approximate surface area is 162 Å². The van der Waals surface area contributed by atoms with E-state index in [0.29, 0.717) is 18.4 Å². The number of carbonyl (C=O) groups is 1. The molecular weight excluding hydrogens is 358 g/mol. The molecule has 0 saturated carbocycles. The van der Waals surface area contributed by atoms with Gasteiger partial charge in [-0.3, -0.25) is 14.2 Å². The van der Waals surface area contributed by atoms with Crippen molar-refractivity contribution in [2.24, 2.45) is 5.73 Å². The number of rotatable bonds is 8. The Morgan fingerprint density at radius 1 is 1.22 bits per heavy atom. The van der Waals surface area contributed by atoms with Gasteiger partial charge in [0.15, 0.2) is 0 Å². The van der Waals surface area contributed by atoms with Gasteiger partial charge in [-0.05, 0) is 30.4 Å². The fourth-order valence-electron chi connectivity index (χ4n) is 3.26. The Morgan fingerprint density at radius 2 is 1.96 bits per heavy atom. The van der Waals surface area contributed by atoms with E-state index in [2.05, 4.69) is 38.1 Å². The van der Waals surface area contributed by atoms with E-state index in [0.717, 1.165) is 41.0 Å². The summed E-state index contributed by atoms with van der Waals surface area (Å²) in [7, 11) is 0. The van der Waals surface area contributed by atoms with E-state index in [4.69, 9.17) is 10.7 Å². The molecule has 2 heterocycles. The van der Waals surface area contributed by atoms with E-state index >= 15 is 0 Å². The average molecular weight is 384 g/mol. The topological polar surface area (TPSA) is 78.0 Å². The number of aromatic nitrogens is 2. The molecule has 1 aromatic carbocycles. The van der Waals surface area contributed by atoms with E-state index < -0.39 is 0 Å². The Hall–Kier alpha value is -2.47. The van der Waals surface area contributed by atoms with E-state index in [1.807, 2.05) is 5.38 Å². The number of benzene rings is 1. The van der Waals surface area contributed by atoms with Crippen molar-refractivity contribution >= 4 is 27.5 Å². The predicted molar refractivity (Wildman–Crippen MR) is 111 cm³/mol. The van der Waals surface area contributed by atoms with Crippen LogP contribution in [-0.2, 0) is 24.2 Å². The van der Waals surface area contributed by atoms with Gasteiger partial charge >= 0.3 is 0 Å². The summed E-state index contributed by atoms with van der Waals surface area (Å²) >= 11 is 1.51. The summed E-state index contributed by atoms with van der Waals surface area (Å²) in [6.07, 6.45) is 3.44. The third-order valence-electron chi connectivity index (χ3n) is 4.72. The first kappa shape index (κ1) is 19.3. The molecule has 6 heteroatoms. The lowest BCUT2D eigenvalue weighted by Crippen LogP contribution is -2.26. The molecule has 0 aliphatic carbocycles. The minimum absolute atomic E-state index is 0.0243. The molecule has 3 rings (SSSR count). The van der Waals surface area contributed by atoms with Crippen molar-refractivity contribution in [2.75, 3.05) is 0 Å². The first-order chi connectivity index (χ1) is 13.0. The maximum atomic E-state index is 13.3. The standard InChI is InChI=1S/C21H25N3O2S/c1-3-6-18-23-20-19(21(26)24(18)12-5-7-17(22)25)16(13-27-20)15-10-8-14(4-2)9-11-15/h8-11,13H,3-7,12H2,1-2H3,(H2,22,25). The molecule has 0 spiro atoms. The minimum Gasteiger partial charge on any atom is -0.370 e. The fraction of sp³-hybridized carbons (Fsp3) is 0.381. The molecule has 142 valence electrons. The van der Waals surface area contributed by atoms with Gasteiger partial charge in [-0.1, -0.05) is 38.1 Å². The van der Waals surface area contributed by atoms with Crippen molar-refractivity contribution in [2.45, 2.75) is 52.5 Å². The molecular formula is C21H25N3O2S. The van der Waals surface area contributed by atoms with Crippen LogP contribution in [0.3, 0.4) is 0 Å². The van der Waals surface area contributed by atoms with Crippen LogP contribution in [0.4, 0.5) is 0 Å². The van der Waals surface area contributed by atoms with Gasteiger partial charge in [0, 0.05) is 30.3 Å². The Morgan fingerprint density at radius 3 is 2.59 bits per heavy atom. The molecule has 0 unspecified atom stereocenters. The quantitative estimate of drug-likeness (QED) is 0.641. The third kappa shape index (κ3) is 4.11. The van der Waals surface area contributed by atoms with Crippen LogP contribution in [0.5, 0.6) is 0 Å². The van der Waals surface area contributed by atoms with E-state index in [1.54, 1.807) is 4.57 Å². The largest absolute Gasteiger partial charge is 0.370 e. The van der Waals surface area contributed by atoms with Gasteiger partial charge in [0.05, 0.1) is 5.39 Å². The van der Waals surface area contributed by atoms with Crippen LogP contribution in [0.25, 0.3) is 21.3 Å². The summed E-state index contributed by atoms with van der Waals surface area (Å²) in [6, 6.07) is 8.33. The number of carbonyl (C=O) groups excluding carboxylic acids is 1. The molecule has 1 amide bonds. The average Bonchev–Trinajstić information content (AvgIpc) is 3.08. The number of nitrogens with zero attached hydrogens (tertiary/aromatic N) is 2. The van der Waals surface area contributed by atoms with Crippen LogP contribution in [-0.4, -0.2) is 15.5 Å². The zero-order valence-electron chi connectivity index (χ0n) is 15.8. The molecule has 0 atom stereocenters. The van der Waals surface area contributed by atoms with Crippen LogP contribution in [0.15, 0.2) is 34.4 Å². The van der Waals surface area contributed by atoms with Crippen molar-refractivity contribution in [1.82, 2.24) is 9.55 Å². The molecule has 27 heavy (non-hydrogen) atoms. The second-order valence-electron chi connectivity index (χ2n) is 6.68. The van der Waals surface area contributed by atoms with Gasteiger partial charge in [-0.25, -0.2) is 4.98 Å². The van der Waals surface area contributed by atoms with Crippen LogP contribution in [0.2, 0.25) is 0 Å². The Kier molecular flexibility index (Phi) is 6.06. The lowest BCUT2D eigenvalue weighted by molar-refractivity contribution is -0.118. The summed E-state index contributed by atoms with van der Waals surface area (Å²) < 4.78 is 1.73. The first-order valence-electron chi connectivity index (χ1n) is 9.43.